The highest BCUT2D eigenvalue weighted by Gasteiger charge is 2.32. The number of carboxylic acid groups (broad SMARTS) is 1. The number of fused-ring (bicyclic) bond motifs is 3. The van der Waals surface area contributed by atoms with Gasteiger partial charge in [-0.3, -0.25) is 14.4 Å². The fourth-order valence-corrected chi connectivity index (χ4v) is 7.24. The van der Waals surface area contributed by atoms with Gasteiger partial charge in [-0.2, -0.15) is 10.5 Å². The third-order valence-corrected chi connectivity index (χ3v) is 10.4. The van der Waals surface area contributed by atoms with Crippen LogP contribution in [0.5, 0.6) is 40.2 Å². The van der Waals surface area contributed by atoms with Crippen molar-refractivity contribution in [2.75, 3.05) is 34.0 Å². The number of nitrogens with one attached hydrogen (secondary N) is 1. The Morgan fingerprint density at radius 3 is 1.65 bits per heavy atom. The van der Waals surface area contributed by atoms with Crippen molar-refractivity contribution >= 4 is 23.8 Å². The van der Waals surface area contributed by atoms with Gasteiger partial charge in [0.05, 0.1) is 62.0 Å². The van der Waals surface area contributed by atoms with Crippen molar-refractivity contribution in [1.29, 1.82) is 10.5 Å². The van der Waals surface area contributed by atoms with E-state index in [0.29, 0.717) is 84.5 Å². The van der Waals surface area contributed by atoms with Crippen LogP contribution in [-0.2, 0) is 25.5 Å². The SMILES string of the molecule is COC(=O)C1CCOc2cc(Oc3ccc(C(=O)NC4COc5ccccc5C4)cc3)c(C#N)cc21.COC(=O)C1CCOc2cc(Oc3ccc(C(=O)O)cc3)c(C#N)cc21. The second-order valence-corrected chi connectivity index (χ2v) is 14.3. The summed E-state index contributed by atoms with van der Waals surface area (Å²) in [7, 11) is 2.66. The summed E-state index contributed by atoms with van der Waals surface area (Å²) in [6.45, 7) is 1.13. The molecule has 0 saturated carbocycles. The predicted molar refractivity (Wildman–Crippen MR) is 219 cm³/mol. The van der Waals surface area contributed by atoms with Crippen molar-refractivity contribution < 1.29 is 57.4 Å². The van der Waals surface area contributed by atoms with Gasteiger partial charge in [0.2, 0.25) is 0 Å². The van der Waals surface area contributed by atoms with E-state index in [4.69, 9.17) is 38.3 Å². The van der Waals surface area contributed by atoms with Gasteiger partial charge in [-0.05, 0) is 91.6 Å². The molecule has 0 aromatic heterocycles. The summed E-state index contributed by atoms with van der Waals surface area (Å²) >= 11 is 0. The Balaban J connectivity index is 0.000000197. The first-order chi connectivity index (χ1) is 30.1. The summed E-state index contributed by atoms with van der Waals surface area (Å²) in [4.78, 5) is 47.8. The number of aromatic carboxylic acids is 1. The number of nitrogens with zero attached hydrogens (tertiary/aromatic N) is 2. The van der Waals surface area contributed by atoms with Crippen molar-refractivity contribution in [3.63, 3.8) is 0 Å². The Morgan fingerprint density at radius 1 is 0.661 bits per heavy atom. The summed E-state index contributed by atoms with van der Waals surface area (Å²) in [5, 5.41) is 31.0. The topological polar surface area (TPSA) is 213 Å². The van der Waals surface area contributed by atoms with E-state index in [-0.39, 0.29) is 46.3 Å². The number of ether oxygens (including phenoxy) is 7. The number of para-hydroxylation sites is 1. The first-order valence-electron chi connectivity index (χ1n) is 19.5. The molecule has 15 nitrogen and oxygen atoms in total. The quantitative estimate of drug-likeness (QED) is 0.141. The molecule has 62 heavy (non-hydrogen) atoms. The van der Waals surface area contributed by atoms with Crippen LogP contribution < -0.4 is 29.0 Å². The first kappa shape index (κ1) is 42.1. The summed E-state index contributed by atoms with van der Waals surface area (Å²) in [5.41, 5.74) is 3.39. The molecule has 2 N–H and O–H groups in total. The van der Waals surface area contributed by atoms with Crippen LogP contribution in [0.1, 0.15) is 73.2 Å². The Kier molecular flexibility index (Phi) is 12.8. The summed E-state index contributed by atoms with van der Waals surface area (Å²) in [5.74, 6) is 0.248. The molecule has 3 aliphatic heterocycles. The van der Waals surface area contributed by atoms with E-state index in [1.807, 2.05) is 30.3 Å². The largest absolute Gasteiger partial charge is 0.493 e. The highest BCUT2D eigenvalue weighted by molar-refractivity contribution is 5.94. The minimum absolute atomic E-state index is 0.120. The minimum atomic E-state index is -1.04. The van der Waals surface area contributed by atoms with E-state index in [1.54, 1.807) is 48.5 Å². The van der Waals surface area contributed by atoms with Crippen LogP contribution in [0.3, 0.4) is 0 Å². The zero-order chi connectivity index (χ0) is 43.8. The van der Waals surface area contributed by atoms with Gasteiger partial charge >= 0.3 is 17.9 Å². The lowest BCUT2D eigenvalue weighted by Crippen LogP contribution is -2.42. The van der Waals surface area contributed by atoms with E-state index in [1.165, 1.54) is 38.5 Å². The number of rotatable bonds is 9. The molecule has 0 fully saturated rings. The molecule has 5 aromatic carbocycles. The van der Waals surface area contributed by atoms with Crippen LogP contribution in [0, 0.1) is 22.7 Å². The third kappa shape index (κ3) is 9.38. The standard InChI is InChI=1S/C28H24N2O6.C19H15NO6/c1-33-28(32)22-10-11-34-26-14-25(19(15-29)13-23(22)26)36-21-8-6-17(7-9-21)27(31)30-20-12-18-4-2-3-5-24(18)35-16-20;1-24-19(23)14-6-7-25-17-9-16(12(10-20)8-15(14)17)26-13-4-2-11(3-5-13)18(21)22/h2-9,13-14,20,22H,10-12,16H2,1H3,(H,30,31);2-5,8-9,14H,6-7H2,1H3,(H,21,22). The number of benzene rings is 5. The molecule has 0 spiro atoms. The number of hydrogen-bond acceptors (Lipinski definition) is 13. The van der Waals surface area contributed by atoms with Crippen molar-refractivity contribution in [1.82, 2.24) is 5.32 Å². The Labute approximate surface area is 355 Å². The number of nitriles is 2. The predicted octanol–water partition coefficient (Wildman–Crippen LogP) is 7.21. The number of esters is 2. The summed E-state index contributed by atoms with van der Waals surface area (Å²) < 4.78 is 38.4. The molecule has 8 rings (SSSR count). The van der Waals surface area contributed by atoms with Gasteiger partial charge in [-0.15, -0.1) is 0 Å². The Bertz CT molecular complexity index is 2600. The van der Waals surface area contributed by atoms with E-state index in [9.17, 15) is 29.7 Å². The normalized spacial score (nSPS) is 16.7. The van der Waals surface area contributed by atoms with Crippen LogP contribution in [0.25, 0.3) is 0 Å². The monoisotopic (exact) mass is 837 g/mol. The molecule has 15 heteroatoms. The van der Waals surface area contributed by atoms with Gasteiger partial charge in [0.25, 0.3) is 5.91 Å². The Hall–Kier alpha value is -8.04. The molecule has 0 aliphatic carbocycles. The van der Waals surface area contributed by atoms with E-state index in [0.717, 1.165) is 11.3 Å². The van der Waals surface area contributed by atoms with E-state index in [2.05, 4.69) is 11.4 Å². The lowest BCUT2D eigenvalue weighted by Gasteiger charge is -2.26. The number of methoxy groups -OCH3 is 2. The number of carbonyl (C=O) groups excluding carboxylic acids is 3. The van der Waals surface area contributed by atoms with Crippen LogP contribution >= 0.6 is 0 Å². The number of amides is 1. The zero-order valence-corrected chi connectivity index (χ0v) is 33.5. The number of carbonyl (C=O) groups is 4. The average Bonchev–Trinajstić information content (AvgIpc) is 3.30. The second-order valence-electron chi connectivity index (χ2n) is 14.3. The van der Waals surface area contributed by atoms with Gasteiger partial charge in [-0.25, -0.2) is 4.79 Å². The molecule has 3 aliphatic rings. The van der Waals surface area contributed by atoms with Crippen molar-refractivity contribution in [2.24, 2.45) is 0 Å². The molecule has 3 atom stereocenters. The molecule has 3 heterocycles. The van der Waals surface area contributed by atoms with Gasteiger partial charge in [0.1, 0.15) is 59.0 Å². The molecular formula is C47H39N3O12. The lowest BCUT2D eigenvalue weighted by atomic mass is 9.91. The maximum atomic E-state index is 12.8. The number of hydrogen-bond donors (Lipinski definition) is 2. The second kappa shape index (κ2) is 18.9. The molecule has 0 radical (unpaired) electrons. The molecule has 314 valence electrons. The zero-order valence-electron chi connectivity index (χ0n) is 33.5. The third-order valence-electron chi connectivity index (χ3n) is 10.4. The first-order valence-corrected chi connectivity index (χ1v) is 19.5. The van der Waals surface area contributed by atoms with E-state index < -0.39 is 17.8 Å². The van der Waals surface area contributed by atoms with Crippen LogP contribution in [0.4, 0.5) is 0 Å². The van der Waals surface area contributed by atoms with Crippen molar-refractivity contribution in [3.8, 4) is 52.4 Å². The molecular weight excluding hydrogens is 799 g/mol. The highest BCUT2D eigenvalue weighted by Crippen LogP contribution is 2.41. The maximum Gasteiger partial charge on any atom is 0.335 e. The highest BCUT2D eigenvalue weighted by atomic mass is 16.5. The number of carboxylic acids is 1. The van der Waals surface area contributed by atoms with E-state index >= 15 is 0 Å². The summed E-state index contributed by atoms with van der Waals surface area (Å²) in [6, 6.07) is 30.7. The van der Waals surface area contributed by atoms with Crippen LogP contribution in [0.15, 0.2) is 97.1 Å². The van der Waals surface area contributed by atoms with Crippen LogP contribution in [0.2, 0.25) is 0 Å². The van der Waals surface area contributed by atoms with Crippen molar-refractivity contribution in [2.45, 2.75) is 37.1 Å². The van der Waals surface area contributed by atoms with Crippen LogP contribution in [-0.4, -0.2) is 69.0 Å². The molecule has 5 aromatic rings. The van der Waals surface area contributed by atoms with Gasteiger partial charge in [-0.1, -0.05) is 18.2 Å². The van der Waals surface area contributed by atoms with Gasteiger partial charge in [0, 0.05) is 28.8 Å². The fraction of sp³-hybridized carbons (Fsp3) is 0.234. The van der Waals surface area contributed by atoms with Crippen molar-refractivity contribution in [3.05, 3.63) is 136 Å². The smallest absolute Gasteiger partial charge is 0.335 e. The molecule has 0 bridgehead atoms. The fourth-order valence-electron chi connectivity index (χ4n) is 7.24. The van der Waals surface area contributed by atoms with Gasteiger partial charge in [0.15, 0.2) is 0 Å². The molecule has 1 amide bonds. The van der Waals surface area contributed by atoms with Gasteiger partial charge < -0.3 is 43.6 Å². The minimum Gasteiger partial charge on any atom is -0.493 e. The molecule has 3 unspecified atom stereocenters. The summed E-state index contributed by atoms with van der Waals surface area (Å²) in [6.07, 6.45) is 1.66. The maximum absolute atomic E-state index is 12.8. The molecule has 0 saturated heterocycles. The lowest BCUT2D eigenvalue weighted by molar-refractivity contribution is -0.144. The average molecular weight is 838 g/mol. The Morgan fingerprint density at radius 2 is 1.16 bits per heavy atom.